The van der Waals surface area contributed by atoms with Gasteiger partial charge in [-0.1, -0.05) is 0 Å². The third-order valence-electron chi connectivity index (χ3n) is 1.18. The maximum absolute atomic E-state index is 8.43. The van der Waals surface area contributed by atoms with Crippen molar-refractivity contribution in [3.8, 4) is 0 Å². The number of hydrogen-bond donors (Lipinski definition) is 2. The largest absolute Gasteiger partial charge is 0.451 e. The highest BCUT2D eigenvalue weighted by atomic mass is 16.5. The average molecular weight is 162 g/mol. The van der Waals surface area contributed by atoms with Gasteiger partial charge >= 0.3 is 7.12 Å². The first-order chi connectivity index (χ1) is 5.27. The summed E-state index contributed by atoms with van der Waals surface area (Å²) in [6.07, 6.45) is 1.04. The zero-order valence-electron chi connectivity index (χ0n) is 6.82. The van der Waals surface area contributed by atoms with Crippen molar-refractivity contribution in [2.45, 2.75) is 12.7 Å². The van der Waals surface area contributed by atoms with Gasteiger partial charge in [-0.25, -0.2) is 0 Å². The molecule has 2 N–H and O–H groups in total. The second-order valence-corrected chi connectivity index (χ2v) is 2.23. The second-order valence-electron chi connectivity index (χ2n) is 2.23. The molecule has 0 fully saturated rings. The Balaban J connectivity index is 2.80. The molecule has 0 aromatic heterocycles. The van der Waals surface area contributed by atoms with Crippen molar-refractivity contribution >= 4 is 7.12 Å². The van der Waals surface area contributed by atoms with Gasteiger partial charge in [-0.15, -0.1) is 0 Å². The topological polar surface area (TPSA) is 58.9 Å². The Morgan fingerprint density at radius 2 is 1.91 bits per heavy atom. The summed E-state index contributed by atoms with van der Waals surface area (Å²) >= 11 is 0. The summed E-state index contributed by atoms with van der Waals surface area (Å²) in [6.45, 7) is 1.71. The minimum atomic E-state index is -1.21. The standard InChI is InChI=1S/C6H15BO4/c1-10-5-6-11-4-2-3-7(8)9/h8-9H,2-6H2,1H3. The van der Waals surface area contributed by atoms with Crippen molar-refractivity contribution in [3.63, 3.8) is 0 Å². The fraction of sp³-hybridized carbons (Fsp3) is 1.00. The van der Waals surface area contributed by atoms with Gasteiger partial charge in [0.25, 0.3) is 0 Å². The second kappa shape index (κ2) is 8.01. The summed E-state index contributed by atoms with van der Waals surface area (Å²) in [5.41, 5.74) is 0. The quantitative estimate of drug-likeness (QED) is 0.391. The molecule has 0 saturated heterocycles. The molecule has 0 aromatic rings. The van der Waals surface area contributed by atoms with E-state index in [0.717, 1.165) is 0 Å². The molecule has 11 heavy (non-hydrogen) atoms. The minimum absolute atomic E-state index is 0.368. The Bertz CT molecular complexity index is 79.0. The van der Waals surface area contributed by atoms with E-state index in [1.165, 1.54) is 0 Å². The Morgan fingerprint density at radius 1 is 1.18 bits per heavy atom. The van der Waals surface area contributed by atoms with Crippen LogP contribution >= 0.6 is 0 Å². The van der Waals surface area contributed by atoms with Crippen LogP contribution in [-0.2, 0) is 9.47 Å². The van der Waals surface area contributed by atoms with Gasteiger partial charge in [0.2, 0.25) is 0 Å². The lowest BCUT2D eigenvalue weighted by atomic mass is 9.85. The highest BCUT2D eigenvalue weighted by Gasteiger charge is 2.04. The van der Waals surface area contributed by atoms with Gasteiger partial charge < -0.3 is 19.5 Å². The first-order valence-electron chi connectivity index (χ1n) is 3.70. The van der Waals surface area contributed by atoms with Crippen molar-refractivity contribution in [2.24, 2.45) is 0 Å². The predicted octanol–water partition coefficient (Wildman–Crippen LogP) is -0.488. The van der Waals surface area contributed by atoms with Crippen molar-refractivity contribution in [3.05, 3.63) is 0 Å². The highest BCUT2D eigenvalue weighted by molar-refractivity contribution is 6.40. The van der Waals surface area contributed by atoms with Gasteiger partial charge in [-0.3, -0.25) is 0 Å². The number of rotatable bonds is 7. The SMILES string of the molecule is COCCOCCCB(O)O. The fourth-order valence-electron chi connectivity index (χ4n) is 0.612. The van der Waals surface area contributed by atoms with E-state index in [9.17, 15) is 0 Å². The van der Waals surface area contributed by atoms with E-state index in [0.29, 0.717) is 32.6 Å². The van der Waals surface area contributed by atoms with Gasteiger partial charge in [-0.05, 0) is 12.7 Å². The van der Waals surface area contributed by atoms with E-state index in [1.54, 1.807) is 7.11 Å². The molecule has 0 rings (SSSR count). The molecular weight excluding hydrogens is 147 g/mol. The Morgan fingerprint density at radius 3 is 2.45 bits per heavy atom. The van der Waals surface area contributed by atoms with Crippen LogP contribution in [-0.4, -0.2) is 44.1 Å². The van der Waals surface area contributed by atoms with Gasteiger partial charge in [0.15, 0.2) is 0 Å². The lowest BCUT2D eigenvalue weighted by molar-refractivity contribution is 0.0705. The Hall–Kier alpha value is -0.0951. The predicted molar refractivity (Wildman–Crippen MR) is 42.3 cm³/mol. The van der Waals surface area contributed by atoms with Crippen molar-refractivity contribution in [2.75, 3.05) is 26.9 Å². The molecule has 0 aliphatic rings. The van der Waals surface area contributed by atoms with E-state index < -0.39 is 7.12 Å². The molecule has 0 radical (unpaired) electrons. The Kier molecular flexibility index (Phi) is 7.94. The van der Waals surface area contributed by atoms with E-state index in [1.807, 2.05) is 0 Å². The lowest BCUT2D eigenvalue weighted by Crippen LogP contribution is -2.11. The van der Waals surface area contributed by atoms with Crippen molar-refractivity contribution in [1.29, 1.82) is 0 Å². The maximum atomic E-state index is 8.43. The van der Waals surface area contributed by atoms with Crippen LogP contribution in [0.2, 0.25) is 6.32 Å². The van der Waals surface area contributed by atoms with Gasteiger partial charge in [0.05, 0.1) is 13.2 Å². The number of methoxy groups -OCH3 is 1. The molecule has 0 heterocycles. The monoisotopic (exact) mass is 162 g/mol. The number of hydrogen-bond acceptors (Lipinski definition) is 4. The molecule has 0 aromatic carbocycles. The Labute approximate surface area is 67.3 Å². The summed E-state index contributed by atoms with van der Waals surface area (Å²) < 4.78 is 9.82. The molecule has 0 aliphatic heterocycles. The zero-order chi connectivity index (χ0) is 8.53. The molecule has 66 valence electrons. The van der Waals surface area contributed by atoms with Crippen molar-refractivity contribution < 1.29 is 19.5 Å². The van der Waals surface area contributed by atoms with Crippen molar-refractivity contribution in [1.82, 2.24) is 0 Å². The third kappa shape index (κ3) is 9.90. The molecule has 0 atom stereocenters. The summed E-state index contributed by atoms with van der Waals surface area (Å²) in [5, 5.41) is 16.9. The molecule has 0 amide bonds. The molecule has 5 heteroatoms. The van der Waals surface area contributed by atoms with Crippen LogP contribution in [0.15, 0.2) is 0 Å². The van der Waals surface area contributed by atoms with Crippen LogP contribution in [0.5, 0.6) is 0 Å². The van der Waals surface area contributed by atoms with Gasteiger partial charge in [0, 0.05) is 13.7 Å². The first kappa shape index (κ1) is 10.9. The van der Waals surface area contributed by atoms with E-state index in [-0.39, 0.29) is 0 Å². The minimum Gasteiger partial charge on any atom is -0.427 e. The molecule has 0 aliphatic carbocycles. The fourth-order valence-corrected chi connectivity index (χ4v) is 0.612. The van der Waals surface area contributed by atoms with Crippen LogP contribution in [0.3, 0.4) is 0 Å². The van der Waals surface area contributed by atoms with Gasteiger partial charge in [0.1, 0.15) is 0 Å². The third-order valence-corrected chi connectivity index (χ3v) is 1.18. The van der Waals surface area contributed by atoms with Crippen LogP contribution in [0.25, 0.3) is 0 Å². The van der Waals surface area contributed by atoms with Gasteiger partial charge in [-0.2, -0.15) is 0 Å². The summed E-state index contributed by atoms with van der Waals surface area (Å²) in [6, 6.07) is 0. The smallest absolute Gasteiger partial charge is 0.427 e. The zero-order valence-corrected chi connectivity index (χ0v) is 6.82. The summed E-state index contributed by atoms with van der Waals surface area (Å²) in [4.78, 5) is 0. The van der Waals surface area contributed by atoms with E-state index in [4.69, 9.17) is 19.5 Å². The maximum Gasteiger partial charge on any atom is 0.451 e. The first-order valence-corrected chi connectivity index (χ1v) is 3.70. The van der Waals surface area contributed by atoms with E-state index >= 15 is 0 Å². The molecular formula is C6H15BO4. The highest BCUT2D eigenvalue weighted by Crippen LogP contribution is 1.92. The van der Waals surface area contributed by atoms with Crippen LogP contribution in [0, 0.1) is 0 Å². The molecule has 0 bridgehead atoms. The normalized spacial score (nSPS) is 10.1. The van der Waals surface area contributed by atoms with Crippen LogP contribution < -0.4 is 0 Å². The van der Waals surface area contributed by atoms with E-state index in [2.05, 4.69) is 0 Å². The van der Waals surface area contributed by atoms with Crippen LogP contribution in [0.1, 0.15) is 6.42 Å². The molecule has 0 unspecified atom stereocenters. The summed E-state index contributed by atoms with van der Waals surface area (Å²) in [7, 11) is 0.405. The summed E-state index contributed by atoms with van der Waals surface area (Å²) in [5.74, 6) is 0. The molecule has 0 saturated carbocycles. The number of ether oxygens (including phenoxy) is 2. The molecule has 0 spiro atoms. The molecule has 4 nitrogen and oxygen atoms in total. The average Bonchev–Trinajstić information content (AvgIpc) is 1.96. The van der Waals surface area contributed by atoms with Crippen LogP contribution in [0.4, 0.5) is 0 Å². The lowest BCUT2D eigenvalue weighted by Gasteiger charge is -2.02.